The third-order valence-corrected chi connectivity index (χ3v) is 5.42. The molecule has 0 bridgehead atoms. The summed E-state index contributed by atoms with van der Waals surface area (Å²) in [5, 5.41) is 2.66. The molecule has 0 atom stereocenters. The highest BCUT2D eigenvalue weighted by Gasteiger charge is 2.20. The van der Waals surface area contributed by atoms with E-state index >= 15 is 0 Å². The number of nitrogens with zero attached hydrogens (tertiary/aromatic N) is 2. The fourth-order valence-electron chi connectivity index (χ4n) is 3.18. The van der Waals surface area contributed by atoms with E-state index in [9.17, 15) is 9.59 Å². The van der Waals surface area contributed by atoms with E-state index in [1.54, 1.807) is 18.3 Å². The number of carbonyl (C=O) groups excluding carboxylic acids is 2. The van der Waals surface area contributed by atoms with Crippen molar-refractivity contribution in [1.82, 2.24) is 9.55 Å². The lowest BCUT2D eigenvalue weighted by Crippen LogP contribution is -2.14. The molecule has 8 heteroatoms. The van der Waals surface area contributed by atoms with E-state index in [-0.39, 0.29) is 24.8 Å². The highest BCUT2D eigenvalue weighted by molar-refractivity contribution is 7.12. The van der Waals surface area contributed by atoms with Crippen LogP contribution >= 0.6 is 11.3 Å². The van der Waals surface area contributed by atoms with Gasteiger partial charge in [0.1, 0.15) is 18.1 Å². The van der Waals surface area contributed by atoms with Crippen LogP contribution in [0.2, 0.25) is 0 Å². The average Bonchev–Trinajstić information content (AvgIpc) is 3.52. The molecule has 0 fully saturated rings. The molecule has 31 heavy (non-hydrogen) atoms. The summed E-state index contributed by atoms with van der Waals surface area (Å²) in [5.74, 6) is 0.210. The largest absolute Gasteiger partial charge is 0.486 e. The molecule has 7 nitrogen and oxygen atoms in total. The zero-order valence-electron chi connectivity index (χ0n) is 17.0. The summed E-state index contributed by atoms with van der Waals surface area (Å²) in [6, 6.07) is 14.2. The van der Waals surface area contributed by atoms with Gasteiger partial charge in [0.15, 0.2) is 11.7 Å². The van der Waals surface area contributed by atoms with E-state index in [0.717, 1.165) is 16.5 Å². The van der Waals surface area contributed by atoms with Gasteiger partial charge in [-0.25, -0.2) is 9.78 Å². The van der Waals surface area contributed by atoms with Crippen molar-refractivity contribution >= 4 is 23.1 Å². The van der Waals surface area contributed by atoms with Gasteiger partial charge in [0.25, 0.3) is 0 Å². The minimum atomic E-state index is -0.701. The van der Waals surface area contributed by atoms with Gasteiger partial charge in [-0.1, -0.05) is 18.2 Å². The van der Waals surface area contributed by atoms with Gasteiger partial charge in [0.05, 0.1) is 0 Å². The number of esters is 1. The smallest absolute Gasteiger partial charge is 0.374 e. The van der Waals surface area contributed by atoms with Crippen LogP contribution in [-0.2, 0) is 11.3 Å². The van der Waals surface area contributed by atoms with Gasteiger partial charge in [0, 0.05) is 28.5 Å². The lowest BCUT2D eigenvalue weighted by atomic mass is 10.1. The first kappa shape index (κ1) is 20.6. The lowest BCUT2D eigenvalue weighted by Gasteiger charge is -2.06. The Morgan fingerprint density at radius 2 is 1.94 bits per heavy atom. The fourth-order valence-corrected chi connectivity index (χ4v) is 3.93. The van der Waals surface area contributed by atoms with E-state index in [1.807, 2.05) is 54.1 Å². The Labute approximate surface area is 182 Å². The molecule has 0 spiro atoms. The highest BCUT2D eigenvalue weighted by atomic mass is 32.1. The van der Waals surface area contributed by atoms with Crippen LogP contribution in [0.1, 0.15) is 38.1 Å². The molecule has 0 saturated carbocycles. The number of carbonyl (C=O) groups is 2. The number of ketones is 1. The number of aromatic nitrogens is 2. The predicted octanol–water partition coefficient (Wildman–Crippen LogP) is 4.76. The number of thiazole rings is 1. The van der Waals surface area contributed by atoms with E-state index in [1.165, 1.54) is 17.4 Å². The molecule has 3 heterocycles. The molecule has 0 radical (unpaired) electrons. The highest BCUT2D eigenvalue weighted by Crippen LogP contribution is 2.23. The van der Waals surface area contributed by atoms with Crippen LogP contribution in [0, 0.1) is 13.8 Å². The Kier molecular flexibility index (Phi) is 5.99. The van der Waals surface area contributed by atoms with Crippen LogP contribution in [-0.4, -0.2) is 27.9 Å². The van der Waals surface area contributed by atoms with E-state index in [4.69, 9.17) is 13.9 Å². The summed E-state index contributed by atoms with van der Waals surface area (Å²) in [6.07, 6.45) is 1.71. The maximum Gasteiger partial charge on any atom is 0.374 e. The van der Waals surface area contributed by atoms with Gasteiger partial charge >= 0.3 is 5.97 Å². The Morgan fingerprint density at radius 3 is 2.68 bits per heavy atom. The first-order chi connectivity index (χ1) is 15.0. The van der Waals surface area contributed by atoms with E-state index in [2.05, 4.69) is 4.98 Å². The molecule has 0 N–H and O–H groups in total. The molecule has 0 aliphatic carbocycles. The molecule has 4 aromatic rings. The Bertz CT molecular complexity index is 1190. The van der Waals surface area contributed by atoms with Gasteiger partial charge in [-0.2, -0.15) is 0 Å². The second kappa shape index (κ2) is 9.01. The van der Waals surface area contributed by atoms with Crippen molar-refractivity contribution < 1.29 is 23.5 Å². The monoisotopic (exact) mass is 436 g/mol. The van der Waals surface area contributed by atoms with Crippen LogP contribution in [0.25, 0.3) is 5.13 Å². The van der Waals surface area contributed by atoms with Crippen molar-refractivity contribution in [3.63, 3.8) is 0 Å². The number of Topliss-reactive ketones (excluding diaryl/α,β-unsaturated/α-hetero) is 1. The molecule has 0 unspecified atom stereocenters. The van der Waals surface area contributed by atoms with E-state index < -0.39 is 5.97 Å². The number of hydrogen-bond acceptors (Lipinski definition) is 7. The van der Waals surface area contributed by atoms with Crippen molar-refractivity contribution in [3.05, 3.63) is 88.6 Å². The normalized spacial score (nSPS) is 10.8. The maximum atomic E-state index is 12.6. The quantitative estimate of drug-likeness (QED) is 0.292. The maximum absolute atomic E-state index is 12.6. The van der Waals surface area contributed by atoms with Crippen LogP contribution in [0.4, 0.5) is 0 Å². The van der Waals surface area contributed by atoms with Crippen molar-refractivity contribution in [2.75, 3.05) is 6.61 Å². The van der Waals surface area contributed by atoms with Crippen LogP contribution in [0.15, 0.2) is 64.5 Å². The second-order valence-electron chi connectivity index (χ2n) is 6.80. The van der Waals surface area contributed by atoms with Gasteiger partial charge in [-0.15, -0.1) is 11.3 Å². The summed E-state index contributed by atoms with van der Waals surface area (Å²) in [4.78, 5) is 29.2. The molecule has 0 saturated heterocycles. The lowest BCUT2D eigenvalue weighted by molar-refractivity contribution is 0.0440. The zero-order valence-corrected chi connectivity index (χ0v) is 17.8. The number of hydrogen-bond donors (Lipinski definition) is 0. The van der Waals surface area contributed by atoms with Crippen molar-refractivity contribution in [3.8, 4) is 10.9 Å². The van der Waals surface area contributed by atoms with Crippen molar-refractivity contribution in [2.45, 2.75) is 20.5 Å². The molecule has 1 aromatic carbocycles. The predicted molar refractivity (Wildman–Crippen MR) is 115 cm³/mol. The number of furan rings is 1. The standard InChI is InChI=1S/C23H20N2O5S/c1-15-12-19(16(2)25(15)23-24-10-11-31-23)20(26)14-29-22(27)21-9-8-18(30-21)13-28-17-6-4-3-5-7-17/h3-12H,13-14H2,1-2H3. The van der Waals surface area contributed by atoms with Crippen molar-refractivity contribution in [2.24, 2.45) is 0 Å². The second-order valence-corrected chi connectivity index (χ2v) is 7.67. The average molecular weight is 436 g/mol. The minimum Gasteiger partial charge on any atom is -0.486 e. The topological polar surface area (TPSA) is 83.6 Å². The summed E-state index contributed by atoms with van der Waals surface area (Å²) < 4.78 is 18.1. The first-order valence-electron chi connectivity index (χ1n) is 9.58. The number of aryl methyl sites for hydroxylation is 1. The van der Waals surface area contributed by atoms with E-state index in [0.29, 0.717) is 17.1 Å². The number of ether oxygens (including phenoxy) is 2. The molecule has 0 aliphatic rings. The van der Waals surface area contributed by atoms with Gasteiger partial charge < -0.3 is 13.9 Å². The fraction of sp³-hybridized carbons (Fsp3) is 0.174. The summed E-state index contributed by atoms with van der Waals surface area (Å²) in [6.45, 7) is 3.55. The molecule has 3 aromatic heterocycles. The summed E-state index contributed by atoms with van der Waals surface area (Å²) in [5.41, 5.74) is 2.14. The number of rotatable bonds is 8. The van der Waals surface area contributed by atoms with Gasteiger partial charge in [-0.05, 0) is 44.2 Å². The van der Waals surface area contributed by atoms with Crippen LogP contribution in [0.5, 0.6) is 5.75 Å². The Balaban J connectivity index is 1.35. The van der Waals surface area contributed by atoms with Crippen LogP contribution in [0.3, 0.4) is 0 Å². The Morgan fingerprint density at radius 1 is 1.13 bits per heavy atom. The molecule has 0 amide bonds. The molecule has 4 rings (SSSR count). The number of para-hydroxylation sites is 1. The molecular weight excluding hydrogens is 416 g/mol. The molecule has 158 valence electrons. The van der Waals surface area contributed by atoms with Gasteiger partial charge in [0.2, 0.25) is 11.5 Å². The van der Waals surface area contributed by atoms with Crippen molar-refractivity contribution in [1.29, 1.82) is 0 Å². The Hall–Kier alpha value is -3.65. The summed E-state index contributed by atoms with van der Waals surface area (Å²) in [7, 11) is 0. The minimum absolute atomic E-state index is 0.0210. The molecular formula is C23H20N2O5S. The third kappa shape index (κ3) is 4.59. The third-order valence-electron chi connectivity index (χ3n) is 4.66. The van der Waals surface area contributed by atoms with Gasteiger partial charge in [-0.3, -0.25) is 9.36 Å². The number of benzene rings is 1. The van der Waals surface area contributed by atoms with Crippen LogP contribution < -0.4 is 4.74 Å². The summed E-state index contributed by atoms with van der Waals surface area (Å²) >= 11 is 1.48. The molecule has 0 aliphatic heterocycles. The SMILES string of the molecule is Cc1cc(C(=O)COC(=O)c2ccc(COc3ccccc3)o2)c(C)n1-c1nccs1. The first-order valence-corrected chi connectivity index (χ1v) is 10.5. The zero-order chi connectivity index (χ0) is 21.8.